The molecule has 0 amide bonds. The molecule has 0 radical (unpaired) electrons. The van der Waals surface area contributed by atoms with E-state index in [1.807, 2.05) is 6.07 Å². The third kappa shape index (κ3) is 3.44. The number of nitrogens with zero attached hydrogens (tertiary/aromatic N) is 3. The van der Waals surface area contributed by atoms with E-state index in [-0.39, 0.29) is 0 Å². The highest BCUT2D eigenvalue weighted by Crippen LogP contribution is 2.25. The Morgan fingerprint density at radius 2 is 2.14 bits per heavy atom. The molecule has 0 aromatic carbocycles. The number of aromatic nitrogens is 1. The Bertz CT molecular complexity index is 505. The second kappa shape index (κ2) is 6.76. The number of hydrogen-bond donors (Lipinski definition) is 0. The molecule has 116 valence electrons. The third-order valence-electron chi connectivity index (χ3n) is 3.90. The van der Waals surface area contributed by atoms with Gasteiger partial charge in [-0.05, 0) is 39.1 Å². The monoisotopic (exact) mass is 293 g/mol. The van der Waals surface area contributed by atoms with Gasteiger partial charge >= 0.3 is 5.97 Å². The number of rotatable bonds is 4. The lowest BCUT2D eigenvalue weighted by atomic mass is 10.0. The van der Waals surface area contributed by atoms with E-state index in [0.29, 0.717) is 17.5 Å². The highest BCUT2D eigenvalue weighted by molar-refractivity contribution is 5.92. The van der Waals surface area contributed by atoms with Gasteiger partial charge in [0.15, 0.2) is 0 Å². The molecular formula is C15H23N3O3. The zero-order valence-corrected chi connectivity index (χ0v) is 13.1. The van der Waals surface area contributed by atoms with Gasteiger partial charge in [-0.3, -0.25) is 0 Å². The summed E-state index contributed by atoms with van der Waals surface area (Å²) in [4.78, 5) is 20.6. The van der Waals surface area contributed by atoms with Gasteiger partial charge in [0.1, 0.15) is 11.4 Å². The maximum atomic E-state index is 11.7. The van der Waals surface area contributed by atoms with Gasteiger partial charge in [0, 0.05) is 19.1 Å². The van der Waals surface area contributed by atoms with Crippen LogP contribution < -0.4 is 9.64 Å². The number of likely N-dealkylation sites (N-methyl/N-ethyl adjacent to an activating group) is 1. The average Bonchev–Trinajstić information content (AvgIpc) is 2.53. The van der Waals surface area contributed by atoms with Gasteiger partial charge in [0.05, 0.1) is 14.2 Å². The molecule has 2 heterocycles. The van der Waals surface area contributed by atoms with Gasteiger partial charge in [-0.15, -0.1) is 0 Å². The summed E-state index contributed by atoms with van der Waals surface area (Å²) in [6, 6.07) is 4.09. The van der Waals surface area contributed by atoms with Crippen molar-refractivity contribution in [3.63, 3.8) is 0 Å². The van der Waals surface area contributed by atoms with Gasteiger partial charge in [0.25, 0.3) is 0 Å². The van der Waals surface area contributed by atoms with E-state index in [1.54, 1.807) is 6.07 Å². The Kier molecular flexibility index (Phi) is 5.01. The van der Waals surface area contributed by atoms with Crippen LogP contribution in [0.4, 0.5) is 5.82 Å². The minimum absolute atomic E-state index is 0.311. The molecule has 0 spiro atoms. The summed E-state index contributed by atoms with van der Waals surface area (Å²) in [6.45, 7) is 1.90. The van der Waals surface area contributed by atoms with E-state index in [0.717, 1.165) is 25.3 Å². The van der Waals surface area contributed by atoms with Crippen LogP contribution in [-0.4, -0.2) is 63.3 Å². The van der Waals surface area contributed by atoms with Crippen LogP contribution in [0, 0.1) is 0 Å². The van der Waals surface area contributed by atoms with Gasteiger partial charge in [0.2, 0.25) is 5.88 Å². The molecule has 0 bridgehead atoms. The van der Waals surface area contributed by atoms with Crippen molar-refractivity contribution in [2.45, 2.75) is 18.9 Å². The summed E-state index contributed by atoms with van der Waals surface area (Å²) in [5.74, 6) is 0.716. The van der Waals surface area contributed by atoms with Crippen molar-refractivity contribution in [1.82, 2.24) is 9.88 Å². The van der Waals surface area contributed by atoms with Crippen LogP contribution in [0.15, 0.2) is 12.1 Å². The zero-order chi connectivity index (χ0) is 15.4. The van der Waals surface area contributed by atoms with Crippen LogP contribution in [0.1, 0.15) is 23.2 Å². The lowest BCUT2D eigenvalue weighted by Crippen LogP contribution is -2.45. The molecule has 0 saturated carbocycles. The summed E-state index contributed by atoms with van der Waals surface area (Å²) in [6.07, 6.45) is 2.33. The van der Waals surface area contributed by atoms with Crippen LogP contribution in [-0.2, 0) is 4.74 Å². The maximum absolute atomic E-state index is 11.7. The van der Waals surface area contributed by atoms with E-state index in [1.165, 1.54) is 20.6 Å². The SMILES string of the molecule is COC(=O)c1ccc(N2CCC[C@@H](N(C)C)C2)nc1OC. The molecule has 0 unspecified atom stereocenters. The number of ether oxygens (including phenoxy) is 2. The van der Waals surface area contributed by atoms with Crippen molar-refractivity contribution in [3.05, 3.63) is 17.7 Å². The van der Waals surface area contributed by atoms with Crippen LogP contribution in [0.25, 0.3) is 0 Å². The number of esters is 1. The Hall–Kier alpha value is -1.82. The van der Waals surface area contributed by atoms with Crippen LogP contribution >= 0.6 is 0 Å². The quantitative estimate of drug-likeness (QED) is 0.782. The number of hydrogen-bond acceptors (Lipinski definition) is 6. The van der Waals surface area contributed by atoms with Crippen molar-refractivity contribution in [3.8, 4) is 5.88 Å². The number of pyridine rings is 1. The maximum Gasteiger partial charge on any atom is 0.343 e. The predicted molar refractivity (Wildman–Crippen MR) is 81.1 cm³/mol. The zero-order valence-electron chi connectivity index (χ0n) is 13.1. The topological polar surface area (TPSA) is 54.9 Å². The molecule has 1 saturated heterocycles. The minimum Gasteiger partial charge on any atom is -0.480 e. The Morgan fingerprint density at radius 1 is 1.38 bits per heavy atom. The molecule has 1 aromatic rings. The number of carbonyl (C=O) groups is 1. The summed E-state index contributed by atoms with van der Waals surface area (Å²) >= 11 is 0. The van der Waals surface area contributed by atoms with Gasteiger partial charge < -0.3 is 19.3 Å². The van der Waals surface area contributed by atoms with E-state index >= 15 is 0 Å². The highest BCUT2D eigenvalue weighted by atomic mass is 16.5. The molecule has 1 aromatic heterocycles. The van der Waals surface area contributed by atoms with Crippen molar-refractivity contribution >= 4 is 11.8 Å². The molecule has 1 aliphatic heterocycles. The normalized spacial score (nSPS) is 18.7. The molecule has 21 heavy (non-hydrogen) atoms. The molecule has 1 aliphatic rings. The smallest absolute Gasteiger partial charge is 0.343 e. The largest absolute Gasteiger partial charge is 0.480 e. The second-order valence-corrected chi connectivity index (χ2v) is 5.42. The first-order chi connectivity index (χ1) is 10.1. The first kappa shape index (κ1) is 15.6. The molecule has 6 nitrogen and oxygen atoms in total. The fourth-order valence-electron chi connectivity index (χ4n) is 2.61. The first-order valence-corrected chi connectivity index (χ1v) is 7.11. The summed E-state index contributed by atoms with van der Waals surface area (Å²) < 4.78 is 9.96. The van der Waals surface area contributed by atoms with Gasteiger partial charge in [-0.2, -0.15) is 4.98 Å². The highest BCUT2D eigenvalue weighted by Gasteiger charge is 2.24. The number of methoxy groups -OCH3 is 2. The standard InChI is InChI=1S/C15H23N3O3/c1-17(2)11-6-5-9-18(10-11)13-8-7-12(15(19)21-4)14(16-13)20-3/h7-8,11H,5-6,9-10H2,1-4H3/t11-/m1/s1. The van der Waals surface area contributed by atoms with Crippen molar-refractivity contribution in [2.75, 3.05) is 46.3 Å². The fraction of sp³-hybridized carbons (Fsp3) is 0.600. The summed E-state index contributed by atoms with van der Waals surface area (Å²) in [5, 5.41) is 0. The molecule has 6 heteroatoms. The van der Waals surface area contributed by atoms with E-state index < -0.39 is 5.97 Å². The lowest BCUT2D eigenvalue weighted by Gasteiger charge is -2.36. The number of carbonyl (C=O) groups excluding carboxylic acids is 1. The molecule has 0 N–H and O–H groups in total. The van der Waals surface area contributed by atoms with Crippen molar-refractivity contribution < 1.29 is 14.3 Å². The predicted octanol–water partition coefficient (Wildman–Crippen LogP) is 1.41. The first-order valence-electron chi connectivity index (χ1n) is 7.11. The fourth-order valence-corrected chi connectivity index (χ4v) is 2.61. The second-order valence-electron chi connectivity index (χ2n) is 5.42. The van der Waals surface area contributed by atoms with Crippen molar-refractivity contribution in [1.29, 1.82) is 0 Å². The van der Waals surface area contributed by atoms with Gasteiger partial charge in [-0.1, -0.05) is 0 Å². The molecule has 1 fully saturated rings. The molecule has 2 rings (SSSR count). The molecular weight excluding hydrogens is 270 g/mol. The average molecular weight is 293 g/mol. The number of anilines is 1. The minimum atomic E-state index is -0.435. The summed E-state index contributed by atoms with van der Waals surface area (Å²) in [7, 11) is 7.06. The van der Waals surface area contributed by atoms with Crippen LogP contribution in [0.2, 0.25) is 0 Å². The lowest BCUT2D eigenvalue weighted by molar-refractivity contribution is 0.0596. The van der Waals surface area contributed by atoms with E-state index in [9.17, 15) is 4.79 Å². The van der Waals surface area contributed by atoms with Gasteiger partial charge in [-0.25, -0.2) is 4.79 Å². The molecule has 0 aliphatic carbocycles. The van der Waals surface area contributed by atoms with E-state index in [2.05, 4.69) is 28.9 Å². The van der Waals surface area contributed by atoms with Crippen LogP contribution in [0.3, 0.4) is 0 Å². The Labute approximate surface area is 125 Å². The molecule has 1 atom stereocenters. The third-order valence-corrected chi connectivity index (χ3v) is 3.90. The van der Waals surface area contributed by atoms with E-state index in [4.69, 9.17) is 9.47 Å². The summed E-state index contributed by atoms with van der Waals surface area (Å²) in [5.41, 5.74) is 0.352. The Morgan fingerprint density at radius 3 is 2.76 bits per heavy atom. The van der Waals surface area contributed by atoms with Crippen molar-refractivity contribution in [2.24, 2.45) is 0 Å². The Balaban J connectivity index is 2.22. The van der Waals surface area contributed by atoms with Crippen LogP contribution in [0.5, 0.6) is 5.88 Å². The number of piperidine rings is 1.